The van der Waals surface area contributed by atoms with Crippen LogP contribution in [0, 0.1) is 11.8 Å². The molecule has 1 aliphatic rings. The van der Waals surface area contributed by atoms with Gasteiger partial charge >= 0.3 is 0 Å². The maximum Gasteiger partial charge on any atom is 0.224 e. The number of methoxy groups -OCH3 is 2. The van der Waals surface area contributed by atoms with Crippen molar-refractivity contribution < 1.29 is 9.47 Å². The second-order valence-corrected chi connectivity index (χ2v) is 5.29. The van der Waals surface area contributed by atoms with Crippen molar-refractivity contribution in [2.24, 2.45) is 11.8 Å². The van der Waals surface area contributed by atoms with E-state index in [1.165, 1.54) is 25.6 Å². The first-order valence-corrected chi connectivity index (χ1v) is 6.87. The molecule has 2 unspecified atom stereocenters. The lowest BCUT2D eigenvalue weighted by Crippen LogP contribution is -2.22. The van der Waals surface area contributed by atoms with Crippen LogP contribution in [0.25, 0.3) is 0 Å². The van der Waals surface area contributed by atoms with E-state index in [1.807, 2.05) is 0 Å². The van der Waals surface area contributed by atoms with Gasteiger partial charge in [-0.15, -0.1) is 0 Å². The molecule has 1 fully saturated rings. The van der Waals surface area contributed by atoms with E-state index in [2.05, 4.69) is 22.2 Å². The molecule has 19 heavy (non-hydrogen) atoms. The normalized spacial score (nSPS) is 22.5. The summed E-state index contributed by atoms with van der Waals surface area (Å²) in [5, 5.41) is 3.47. The van der Waals surface area contributed by atoms with Gasteiger partial charge in [0.05, 0.1) is 19.8 Å². The Balaban J connectivity index is 1.91. The lowest BCUT2D eigenvalue weighted by molar-refractivity contribution is 0.357. The van der Waals surface area contributed by atoms with Crippen molar-refractivity contribution in [3.8, 4) is 11.8 Å². The number of rotatable bonds is 6. The summed E-state index contributed by atoms with van der Waals surface area (Å²) >= 11 is 0. The van der Waals surface area contributed by atoms with Crippen molar-refractivity contribution in [1.82, 2.24) is 15.3 Å². The SMILES string of the molecule is COc1ncnc(OC)c1CNCC1CCC(C)C1. The van der Waals surface area contributed by atoms with Crippen LogP contribution in [0.4, 0.5) is 0 Å². The van der Waals surface area contributed by atoms with E-state index in [1.54, 1.807) is 14.2 Å². The third-order valence-electron chi connectivity index (χ3n) is 3.79. The lowest BCUT2D eigenvalue weighted by atomic mass is 10.1. The second-order valence-electron chi connectivity index (χ2n) is 5.29. The van der Waals surface area contributed by atoms with Crippen molar-refractivity contribution >= 4 is 0 Å². The molecule has 2 atom stereocenters. The van der Waals surface area contributed by atoms with Crippen LogP contribution in [0.15, 0.2) is 6.33 Å². The molecule has 0 radical (unpaired) electrons. The lowest BCUT2D eigenvalue weighted by Gasteiger charge is -2.14. The third kappa shape index (κ3) is 3.56. The van der Waals surface area contributed by atoms with Crippen LogP contribution in [-0.4, -0.2) is 30.7 Å². The Labute approximate surface area is 114 Å². The summed E-state index contributed by atoms with van der Waals surface area (Å²) in [6, 6.07) is 0. The molecule has 1 saturated carbocycles. The maximum absolute atomic E-state index is 5.26. The molecule has 1 heterocycles. The predicted molar refractivity (Wildman–Crippen MR) is 73.3 cm³/mol. The second kappa shape index (κ2) is 6.70. The number of aromatic nitrogens is 2. The largest absolute Gasteiger partial charge is 0.481 e. The van der Waals surface area contributed by atoms with Gasteiger partial charge in [0.2, 0.25) is 11.8 Å². The predicted octanol–water partition coefficient (Wildman–Crippen LogP) is 2.02. The van der Waals surface area contributed by atoms with Crippen LogP contribution < -0.4 is 14.8 Å². The molecule has 5 nitrogen and oxygen atoms in total. The average molecular weight is 265 g/mol. The topological polar surface area (TPSA) is 56.3 Å². The number of hydrogen-bond donors (Lipinski definition) is 1. The van der Waals surface area contributed by atoms with E-state index in [0.29, 0.717) is 18.3 Å². The summed E-state index contributed by atoms with van der Waals surface area (Å²) in [7, 11) is 3.23. The van der Waals surface area contributed by atoms with Gasteiger partial charge in [0, 0.05) is 6.54 Å². The van der Waals surface area contributed by atoms with Gasteiger partial charge in [-0.05, 0) is 31.2 Å². The van der Waals surface area contributed by atoms with Gasteiger partial charge in [-0.2, -0.15) is 0 Å². The van der Waals surface area contributed by atoms with Crippen LogP contribution in [-0.2, 0) is 6.54 Å². The molecular weight excluding hydrogens is 242 g/mol. The molecule has 1 N–H and O–H groups in total. The van der Waals surface area contributed by atoms with Gasteiger partial charge in [-0.1, -0.05) is 13.3 Å². The standard InChI is InChI=1S/C14H23N3O2/c1-10-4-5-11(6-10)7-15-8-12-13(18-2)16-9-17-14(12)19-3/h9-11,15H,4-8H2,1-3H3. The highest BCUT2D eigenvalue weighted by Crippen LogP contribution is 2.30. The Morgan fingerprint density at radius 3 is 2.42 bits per heavy atom. The minimum absolute atomic E-state index is 0.583. The Morgan fingerprint density at radius 2 is 1.89 bits per heavy atom. The Bertz CT molecular complexity index is 389. The number of ether oxygens (including phenoxy) is 2. The van der Waals surface area contributed by atoms with E-state index >= 15 is 0 Å². The summed E-state index contributed by atoms with van der Waals surface area (Å²) in [5.41, 5.74) is 0.888. The van der Waals surface area contributed by atoms with E-state index < -0.39 is 0 Å². The van der Waals surface area contributed by atoms with Crippen molar-refractivity contribution in [2.45, 2.75) is 32.7 Å². The Morgan fingerprint density at radius 1 is 1.21 bits per heavy atom. The fraction of sp³-hybridized carbons (Fsp3) is 0.714. The minimum atomic E-state index is 0.583. The van der Waals surface area contributed by atoms with Crippen LogP contribution in [0.2, 0.25) is 0 Å². The zero-order valence-corrected chi connectivity index (χ0v) is 12.0. The summed E-state index contributed by atoms with van der Waals surface area (Å²) in [5.74, 6) is 2.82. The van der Waals surface area contributed by atoms with Crippen LogP contribution >= 0.6 is 0 Å². The zero-order chi connectivity index (χ0) is 13.7. The van der Waals surface area contributed by atoms with Crippen molar-refractivity contribution in [2.75, 3.05) is 20.8 Å². The molecule has 1 aromatic heterocycles. The summed E-state index contributed by atoms with van der Waals surface area (Å²) in [6.45, 7) is 4.04. The summed E-state index contributed by atoms with van der Waals surface area (Å²) < 4.78 is 10.5. The molecule has 0 aliphatic heterocycles. The van der Waals surface area contributed by atoms with E-state index in [0.717, 1.165) is 23.9 Å². The zero-order valence-electron chi connectivity index (χ0n) is 12.0. The molecule has 0 bridgehead atoms. The average Bonchev–Trinajstić information content (AvgIpc) is 2.84. The Kier molecular flexibility index (Phi) is 4.96. The fourth-order valence-corrected chi connectivity index (χ4v) is 2.80. The van der Waals surface area contributed by atoms with E-state index in [4.69, 9.17) is 9.47 Å². The van der Waals surface area contributed by atoms with Gasteiger partial charge < -0.3 is 14.8 Å². The Hall–Kier alpha value is -1.36. The monoisotopic (exact) mass is 265 g/mol. The molecule has 0 amide bonds. The molecule has 0 saturated heterocycles. The van der Waals surface area contributed by atoms with Gasteiger partial charge in [0.25, 0.3) is 0 Å². The first-order valence-electron chi connectivity index (χ1n) is 6.87. The molecule has 1 aliphatic carbocycles. The van der Waals surface area contributed by atoms with Crippen LogP contribution in [0.5, 0.6) is 11.8 Å². The third-order valence-corrected chi connectivity index (χ3v) is 3.79. The van der Waals surface area contributed by atoms with E-state index in [9.17, 15) is 0 Å². The molecule has 0 aromatic carbocycles. The number of nitrogens with one attached hydrogen (secondary N) is 1. The fourth-order valence-electron chi connectivity index (χ4n) is 2.80. The quantitative estimate of drug-likeness (QED) is 0.852. The van der Waals surface area contributed by atoms with Crippen molar-refractivity contribution in [3.63, 3.8) is 0 Å². The van der Waals surface area contributed by atoms with E-state index in [-0.39, 0.29) is 0 Å². The molecule has 5 heteroatoms. The highest BCUT2D eigenvalue weighted by molar-refractivity contribution is 5.34. The summed E-state index contributed by atoms with van der Waals surface area (Å²) in [4.78, 5) is 8.23. The van der Waals surface area contributed by atoms with Crippen LogP contribution in [0.3, 0.4) is 0 Å². The first kappa shape index (κ1) is 14.1. The molecule has 2 rings (SSSR count). The van der Waals surface area contributed by atoms with Crippen molar-refractivity contribution in [1.29, 1.82) is 0 Å². The summed E-state index contributed by atoms with van der Waals surface area (Å²) in [6.07, 6.45) is 5.47. The highest BCUT2D eigenvalue weighted by Gasteiger charge is 2.21. The van der Waals surface area contributed by atoms with Gasteiger partial charge in [0.15, 0.2) is 0 Å². The molecule has 106 valence electrons. The first-order chi connectivity index (χ1) is 9.24. The molecule has 1 aromatic rings. The van der Waals surface area contributed by atoms with Gasteiger partial charge in [0.1, 0.15) is 6.33 Å². The maximum atomic E-state index is 5.26. The number of hydrogen-bond acceptors (Lipinski definition) is 5. The smallest absolute Gasteiger partial charge is 0.224 e. The van der Waals surface area contributed by atoms with Gasteiger partial charge in [-0.25, -0.2) is 9.97 Å². The highest BCUT2D eigenvalue weighted by atomic mass is 16.5. The van der Waals surface area contributed by atoms with Gasteiger partial charge in [-0.3, -0.25) is 0 Å². The number of nitrogens with zero attached hydrogens (tertiary/aromatic N) is 2. The van der Waals surface area contributed by atoms with Crippen LogP contribution in [0.1, 0.15) is 31.7 Å². The van der Waals surface area contributed by atoms with Crippen molar-refractivity contribution in [3.05, 3.63) is 11.9 Å². The minimum Gasteiger partial charge on any atom is -0.481 e. The molecule has 0 spiro atoms. The molecular formula is C14H23N3O2.